The van der Waals surface area contributed by atoms with Gasteiger partial charge in [-0.15, -0.1) is 0 Å². The number of likely N-dealkylation sites (tertiary alicyclic amines) is 1. The molecule has 22 heavy (non-hydrogen) atoms. The minimum absolute atomic E-state index is 0.0422. The molecule has 0 radical (unpaired) electrons. The first kappa shape index (κ1) is 16.0. The molecule has 0 unspecified atom stereocenters. The van der Waals surface area contributed by atoms with E-state index in [1.807, 2.05) is 30.3 Å². The van der Waals surface area contributed by atoms with Gasteiger partial charge in [-0.2, -0.15) is 0 Å². The van der Waals surface area contributed by atoms with Crippen LogP contribution in [0.5, 0.6) is 0 Å². The second kappa shape index (κ2) is 6.60. The van der Waals surface area contributed by atoms with Crippen LogP contribution in [0.25, 0.3) is 0 Å². The van der Waals surface area contributed by atoms with Crippen molar-refractivity contribution < 1.29 is 24.2 Å². The van der Waals surface area contributed by atoms with Crippen LogP contribution in [-0.2, 0) is 20.9 Å². The molecule has 1 aromatic carbocycles. The van der Waals surface area contributed by atoms with Gasteiger partial charge in [0.15, 0.2) is 5.78 Å². The third-order valence-corrected chi connectivity index (χ3v) is 4.08. The number of carboxylic acid groups (broad SMARTS) is 1. The minimum atomic E-state index is -1.51. The highest BCUT2D eigenvalue weighted by Gasteiger charge is 2.49. The van der Waals surface area contributed by atoms with Crippen LogP contribution in [0.1, 0.15) is 25.3 Å². The standard InChI is InChI=1S/C16H19NO5/c1-2-16(14(19)20)11-17(9-8-13(16)18)15(21)22-10-12-6-4-3-5-7-12/h3-7H,2,8-11H2,1H3,(H,19,20)/t16-/m0/s1. The number of hydrogen-bond donors (Lipinski definition) is 1. The molecule has 1 heterocycles. The second-order valence-corrected chi connectivity index (χ2v) is 5.38. The minimum Gasteiger partial charge on any atom is -0.480 e. The number of hydrogen-bond acceptors (Lipinski definition) is 4. The van der Waals surface area contributed by atoms with Crippen molar-refractivity contribution in [3.8, 4) is 0 Å². The van der Waals surface area contributed by atoms with Crippen molar-refractivity contribution in [2.24, 2.45) is 5.41 Å². The average molecular weight is 305 g/mol. The Bertz CT molecular complexity index is 571. The SMILES string of the molecule is CC[C@]1(C(=O)O)CN(C(=O)OCc2ccccc2)CCC1=O. The largest absolute Gasteiger partial charge is 0.480 e. The summed E-state index contributed by atoms with van der Waals surface area (Å²) in [5, 5.41) is 9.37. The monoisotopic (exact) mass is 305 g/mol. The fraction of sp³-hybridized carbons (Fsp3) is 0.438. The molecule has 1 amide bonds. The quantitative estimate of drug-likeness (QED) is 0.861. The van der Waals surface area contributed by atoms with Crippen molar-refractivity contribution in [3.63, 3.8) is 0 Å². The van der Waals surface area contributed by atoms with Crippen molar-refractivity contribution in [2.45, 2.75) is 26.4 Å². The lowest BCUT2D eigenvalue weighted by molar-refractivity contribution is -0.158. The van der Waals surface area contributed by atoms with Gasteiger partial charge in [-0.05, 0) is 12.0 Å². The van der Waals surface area contributed by atoms with E-state index in [2.05, 4.69) is 0 Å². The number of rotatable bonds is 4. The number of benzene rings is 1. The summed E-state index contributed by atoms with van der Waals surface area (Å²) in [5.41, 5.74) is -0.659. The fourth-order valence-corrected chi connectivity index (χ4v) is 2.58. The van der Waals surface area contributed by atoms with E-state index >= 15 is 0 Å². The molecule has 1 aliphatic rings. The molecule has 1 aromatic rings. The first-order valence-electron chi connectivity index (χ1n) is 7.22. The predicted octanol–water partition coefficient (Wildman–Crippen LogP) is 2.08. The molecule has 6 nitrogen and oxygen atoms in total. The Labute approximate surface area is 128 Å². The van der Waals surface area contributed by atoms with Crippen LogP contribution >= 0.6 is 0 Å². The summed E-state index contributed by atoms with van der Waals surface area (Å²) in [4.78, 5) is 36.9. The molecule has 0 spiro atoms. The molecule has 0 aliphatic carbocycles. The zero-order valence-electron chi connectivity index (χ0n) is 12.4. The van der Waals surface area contributed by atoms with Gasteiger partial charge in [-0.1, -0.05) is 37.3 Å². The summed E-state index contributed by atoms with van der Waals surface area (Å²) in [6.45, 7) is 1.83. The van der Waals surface area contributed by atoms with Crippen LogP contribution in [0, 0.1) is 5.41 Å². The summed E-state index contributed by atoms with van der Waals surface area (Å²) < 4.78 is 5.20. The molecular formula is C16H19NO5. The van der Waals surface area contributed by atoms with Crippen LogP contribution in [0.15, 0.2) is 30.3 Å². The summed E-state index contributed by atoms with van der Waals surface area (Å²) in [7, 11) is 0. The summed E-state index contributed by atoms with van der Waals surface area (Å²) in [6, 6.07) is 9.22. The Morgan fingerprint density at radius 3 is 2.59 bits per heavy atom. The van der Waals surface area contributed by atoms with Gasteiger partial charge in [0.2, 0.25) is 0 Å². The molecule has 0 saturated carbocycles. The van der Waals surface area contributed by atoms with Crippen molar-refractivity contribution >= 4 is 17.8 Å². The van der Waals surface area contributed by atoms with E-state index in [1.165, 1.54) is 4.90 Å². The zero-order chi connectivity index (χ0) is 16.2. The van der Waals surface area contributed by atoms with Gasteiger partial charge in [-0.3, -0.25) is 9.59 Å². The number of carbonyl (C=O) groups excluding carboxylic acids is 2. The molecule has 118 valence electrons. The summed E-state index contributed by atoms with van der Waals surface area (Å²) in [5.74, 6) is -1.50. The fourth-order valence-electron chi connectivity index (χ4n) is 2.58. The first-order chi connectivity index (χ1) is 10.5. The van der Waals surface area contributed by atoms with E-state index in [1.54, 1.807) is 6.92 Å². The summed E-state index contributed by atoms with van der Waals surface area (Å²) >= 11 is 0. The lowest BCUT2D eigenvalue weighted by Crippen LogP contribution is -2.55. The molecule has 1 fully saturated rings. The van der Waals surface area contributed by atoms with Gasteiger partial charge in [0.1, 0.15) is 12.0 Å². The number of aliphatic carboxylic acids is 1. The van der Waals surface area contributed by atoms with Crippen molar-refractivity contribution in [2.75, 3.05) is 13.1 Å². The maximum absolute atomic E-state index is 12.1. The number of amides is 1. The van der Waals surface area contributed by atoms with Gasteiger partial charge < -0.3 is 14.7 Å². The molecule has 0 aromatic heterocycles. The Morgan fingerprint density at radius 2 is 2.00 bits per heavy atom. The van der Waals surface area contributed by atoms with Crippen molar-refractivity contribution in [3.05, 3.63) is 35.9 Å². The topological polar surface area (TPSA) is 83.9 Å². The predicted molar refractivity (Wildman–Crippen MR) is 78.2 cm³/mol. The van der Waals surface area contributed by atoms with E-state index in [0.29, 0.717) is 0 Å². The maximum atomic E-state index is 12.1. The summed E-state index contributed by atoms with van der Waals surface area (Å²) in [6.07, 6.45) is -0.389. The van der Waals surface area contributed by atoms with Gasteiger partial charge in [0, 0.05) is 19.5 Å². The molecule has 1 saturated heterocycles. The third-order valence-electron chi connectivity index (χ3n) is 4.08. The Hall–Kier alpha value is -2.37. The lowest BCUT2D eigenvalue weighted by Gasteiger charge is -2.37. The molecule has 1 atom stereocenters. The van der Waals surface area contributed by atoms with E-state index < -0.39 is 17.5 Å². The average Bonchev–Trinajstić information content (AvgIpc) is 2.54. The second-order valence-electron chi connectivity index (χ2n) is 5.38. The Morgan fingerprint density at radius 1 is 1.32 bits per heavy atom. The smallest absolute Gasteiger partial charge is 0.410 e. The van der Waals surface area contributed by atoms with Crippen LogP contribution in [-0.4, -0.2) is 40.9 Å². The number of Topliss-reactive ketones (excluding diaryl/α,β-unsaturated/α-hetero) is 1. The molecule has 1 N–H and O–H groups in total. The maximum Gasteiger partial charge on any atom is 0.410 e. The van der Waals surface area contributed by atoms with Crippen LogP contribution in [0.2, 0.25) is 0 Å². The number of nitrogens with zero attached hydrogens (tertiary/aromatic N) is 1. The van der Waals surface area contributed by atoms with Crippen LogP contribution < -0.4 is 0 Å². The highest BCUT2D eigenvalue weighted by atomic mass is 16.6. The third kappa shape index (κ3) is 3.10. The number of ketones is 1. The van der Waals surface area contributed by atoms with Crippen molar-refractivity contribution in [1.82, 2.24) is 4.90 Å². The van der Waals surface area contributed by atoms with Crippen molar-refractivity contribution in [1.29, 1.82) is 0 Å². The number of piperidine rings is 1. The Balaban J connectivity index is 2.01. The zero-order valence-corrected chi connectivity index (χ0v) is 12.4. The van der Waals surface area contributed by atoms with E-state index in [0.717, 1.165) is 5.56 Å². The molecule has 0 bridgehead atoms. The normalized spacial score (nSPS) is 21.5. The van der Waals surface area contributed by atoms with Crippen LogP contribution in [0.4, 0.5) is 4.79 Å². The van der Waals surface area contributed by atoms with Gasteiger partial charge in [-0.25, -0.2) is 4.79 Å². The van der Waals surface area contributed by atoms with Gasteiger partial charge >= 0.3 is 12.1 Å². The Kier molecular flexibility index (Phi) is 4.80. The van der Waals surface area contributed by atoms with E-state index in [-0.39, 0.29) is 38.3 Å². The number of carbonyl (C=O) groups is 3. The highest BCUT2D eigenvalue weighted by molar-refractivity contribution is 6.04. The lowest BCUT2D eigenvalue weighted by atomic mass is 9.76. The first-order valence-corrected chi connectivity index (χ1v) is 7.22. The highest BCUT2D eigenvalue weighted by Crippen LogP contribution is 2.31. The van der Waals surface area contributed by atoms with E-state index in [4.69, 9.17) is 4.74 Å². The molecule has 2 rings (SSSR count). The number of carboxylic acids is 1. The van der Waals surface area contributed by atoms with Gasteiger partial charge in [0.05, 0.1) is 0 Å². The van der Waals surface area contributed by atoms with Gasteiger partial charge in [0.25, 0.3) is 0 Å². The molecule has 6 heteroatoms. The molecular weight excluding hydrogens is 286 g/mol. The van der Waals surface area contributed by atoms with Crippen LogP contribution in [0.3, 0.4) is 0 Å². The van der Waals surface area contributed by atoms with E-state index in [9.17, 15) is 19.5 Å². The molecule has 1 aliphatic heterocycles. The number of ether oxygens (including phenoxy) is 1.